The van der Waals surface area contributed by atoms with E-state index < -0.39 is 61.5 Å². The highest BCUT2D eigenvalue weighted by Crippen LogP contribution is 2.55. The van der Waals surface area contributed by atoms with E-state index in [0.29, 0.717) is 60.7 Å². The van der Waals surface area contributed by atoms with Crippen molar-refractivity contribution in [3.05, 3.63) is 25.3 Å². The van der Waals surface area contributed by atoms with Gasteiger partial charge >= 0.3 is 25.5 Å². The van der Waals surface area contributed by atoms with Crippen molar-refractivity contribution in [2.24, 2.45) is 22.7 Å². The molecule has 4 bridgehead atoms. The van der Waals surface area contributed by atoms with Crippen LogP contribution >= 0.6 is 26.6 Å². The van der Waals surface area contributed by atoms with Crippen LogP contribution in [0.15, 0.2) is 25.3 Å². The Kier molecular flexibility index (Phi) is 28.9. The lowest BCUT2D eigenvalue weighted by atomic mass is 9.85. The van der Waals surface area contributed by atoms with Gasteiger partial charge in [-0.1, -0.05) is 52.4 Å². The molecule has 4 aromatic rings. The van der Waals surface area contributed by atoms with Crippen molar-refractivity contribution >= 4 is 78.5 Å². The van der Waals surface area contributed by atoms with Gasteiger partial charge in [-0.2, -0.15) is 0 Å². The lowest BCUT2D eigenvalue weighted by molar-refractivity contribution is -0.153. The molecule has 4 aromatic heterocycles. The number of anilines is 2. The number of ether oxygens (including phenoxy) is 5. The molecule has 29 heteroatoms. The fourth-order valence-electron chi connectivity index (χ4n) is 11.5. The van der Waals surface area contributed by atoms with Crippen LogP contribution in [0.4, 0.5) is 11.6 Å². The summed E-state index contributed by atoms with van der Waals surface area (Å²) in [6.07, 6.45) is 24.7. The number of aromatic nitrogens is 8. The molecule has 0 amide bonds. The predicted molar refractivity (Wildman–Crippen MR) is 336 cm³/mol. The average molecular weight is 1290 g/mol. The number of halogens is 1. The molecule has 87 heavy (non-hydrogen) atoms. The summed E-state index contributed by atoms with van der Waals surface area (Å²) >= 11 is 5.75. The normalized spacial score (nSPS) is 21.1. The number of unbranched alkanes of at least 4 members (excludes halogenated alkanes) is 6. The Morgan fingerprint density at radius 1 is 0.655 bits per heavy atom. The number of imidazole rings is 2. The Morgan fingerprint density at radius 3 is 1.45 bits per heavy atom. The van der Waals surface area contributed by atoms with E-state index in [1.165, 1.54) is 76.8 Å². The third-order valence-electron chi connectivity index (χ3n) is 16.3. The lowest BCUT2D eigenvalue weighted by Crippen LogP contribution is -2.54. The van der Waals surface area contributed by atoms with Crippen LogP contribution in [0.3, 0.4) is 0 Å². The number of nitrogens with zero attached hydrogens (tertiary/aromatic N) is 8. The molecule has 0 aromatic carbocycles. The summed E-state index contributed by atoms with van der Waals surface area (Å²) in [5.41, 5.74) is 11.5. The molecule has 4 saturated carbocycles. The topological polar surface area (TPSA) is 390 Å². The molecule has 26 nitrogen and oxygen atoms in total. The SMILES string of the molecule is CCCCCCOC(=O)C(C)(C)Cl.CCCCCCOC(=O)C(C)(C)NP(=O)(CO[C@H](C)Cn1cnc2c(N)ncnc21)NC(C)(C)C(=O)OCC12CCC(CC1)C2.C[C@H](Cn1cnc2c(N)ncnc21)OCP(=O)(O)O.N.OCC12CCC(CC1)C2. The zero-order chi connectivity index (χ0) is 63.6. The highest BCUT2D eigenvalue weighted by atomic mass is 35.5. The standard InChI is InChI=1S/C31H52N7O6P.C10H19ClO2.C9H14N5O4P.C8H14O.H3N/c1-7-8-9-10-15-42-27(39)29(3,4)36-45(41,21-44-22(2)17-38-20-35-24-25(32)33-19-34-26(24)38)37-30(5,6)28(40)43-18-31-13-11-23(16-31)12-14-31;1-4-5-6-7-8-13-9(12)10(2,3)11;1-6(18-5-19(15,16)17)2-14-4-13-7-8(10)11-3-12-9(7)14;9-6-8-3-1-7(5-8)2-4-8;/h19-20,22-23H,7-18,21H2,1-6H3,(H2,32,33,34)(H2,36,37,41);4-8H2,1-3H3;3-4,6H,2,5H2,1H3,(H2,10,11,12)(H2,15,16,17);7,9H,1-6H2;1H3/t22-,23?,31?,45?;;6-;;/m1.1../s1. The first-order valence-corrected chi connectivity index (χ1v) is 34.5. The van der Waals surface area contributed by atoms with Gasteiger partial charge in [0.05, 0.1) is 57.8 Å². The van der Waals surface area contributed by atoms with Crippen molar-refractivity contribution in [2.75, 3.05) is 50.6 Å². The first-order chi connectivity index (χ1) is 40.4. The Balaban J connectivity index is 0.000000311. The number of fused-ring (bicyclic) bond motifs is 6. The van der Waals surface area contributed by atoms with Gasteiger partial charge in [0.2, 0.25) is 7.44 Å². The van der Waals surface area contributed by atoms with Crippen LogP contribution in [0, 0.1) is 22.7 Å². The summed E-state index contributed by atoms with van der Waals surface area (Å²) in [4.78, 5) is 78.7. The summed E-state index contributed by atoms with van der Waals surface area (Å²) in [7, 11) is -7.94. The molecule has 4 aliphatic carbocycles. The maximum absolute atomic E-state index is 14.6. The highest BCUT2D eigenvalue weighted by Gasteiger charge is 2.48. The van der Waals surface area contributed by atoms with Gasteiger partial charge in [0.15, 0.2) is 22.9 Å². The van der Waals surface area contributed by atoms with Crippen LogP contribution in [0.1, 0.15) is 185 Å². The summed E-state index contributed by atoms with van der Waals surface area (Å²) in [6.45, 7) is 19.8. The molecule has 0 saturated heterocycles. The molecule has 1 unspecified atom stereocenters. The number of rotatable bonds is 30. The van der Waals surface area contributed by atoms with Crippen molar-refractivity contribution < 1.29 is 62.1 Å². The smallest absolute Gasteiger partial charge is 0.350 e. The van der Waals surface area contributed by atoms with Crippen molar-refractivity contribution in [3.63, 3.8) is 0 Å². The fourth-order valence-corrected chi connectivity index (χ4v) is 14.6. The number of carbonyl (C=O) groups is 3. The molecule has 3 atom stereocenters. The van der Waals surface area contributed by atoms with E-state index in [1.807, 2.05) is 6.92 Å². The van der Waals surface area contributed by atoms with Crippen LogP contribution in [0.25, 0.3) is 22.3 Å². The second-order valence-corrected chi connectivity index (χ2v) is 30.4. The molecule has 0 radical (unpaired) electrons. The third-order valence-corrected chi connectivity index (χ3v) is 19.3. The molecule has 0 spiro atoms. The van der Waals surface area contributed by atoms with Crippen LogP contribution in [0.2, 0.25) is 0 Å². The zero-order valence-electron chi connectivity index (χ0n) is 53.1. The largest absolute Gasteiger partial charge is 0.464 e. The number of nitrogens with two attached hydrogens (primary N) is 2. The summed E-state index contributed by atoms with van der Waals surface area (Å²) < 4.78 is 56.3. The van der Waals surface area contributed by atoms with Gasteiger partial charge < -0.3 is 65.3 Å². The van der Waals surface area contributed by atoms with Gasteiger partial charge in [-0.3, -0.25) is 23.5 Å². The molecule has 4 fully saturated rings. The second-order valence-electron chi connectivity index (χ2n) is 25.6. The van der Waals surface area contributed by atoms with E-state index in [4.69, 9.17) is 61.6 Å². The van der Waals surface area contributed by atoms with Crippen molar-refractivity contribution in [3.8, 4) is 0 Å². The summed E-state index contributed by atoms with van der Waals surface area (Å²) in [5, 5.41) is 15.0. The summed E-state index contributed by atoms with van der Waals surface area (Å²) in [5.74, 6) is 0.917. The Labute approximate surface area is 518 Å². The number of aliphatic hydroxyl groups excluding tert-OH is 1. The van der Waals surface area contributed by atoms with Gasteiger partial charge in [0.1, 0.15) is 52.3 Å². The number of nitrogen functional groups attached to an aromatic ring is 2. The molecule has 4 heterocycles. The Morgan fingerprint density at radius 2 is 1.07 bits per heavy atom. The number of esters is 3. The number of hydrogen-bond acceptors (Lipinski definition) is 20. The number of hydrogen-bond donors (Lipinski definition) is 8. The highest BCUT2D eigenvalue weighted by molar-refractivity contribution is 7.59. The van der Waals surface area contributed by atoms with Gasteiger partial charge in [-0.05, 0) is 150 Å². The molecule has 4 aliphatic rings. The first-order valence-electron chi connectivity index (χ1n) is 30.5. The van der Waals surface area contributed by atoms with E-state index in [-0.39, 0.29) is 42.1 Å². The van der Waals surface area contributed by atoms with E-state index in [0.717, 1.165) is 69.6 Å². The molecular weight excluding hydrogens is 1180 g/mol. The third kappa shape index (κ3) is 23.4. The van der Waals surface area contributed by atoms with Gasteiger partial charge in [-0.15, -0.1) is 11.6 Å². The maximum Gasteiger partial charge on any atom is 0.350 e. The molecule has 0 aliphatic heterocycles. The number of carbonyl (C=O) groups excluding carboxylic acids is 3. The van der Waals surface area contributed by atoms with Crippen LogP contribution in [-0.2, 0) is 60.3 Å². The maximum atomic E-state index is 14.6. The quantitative estimate of drug-likeness (QED) is 0.00791. The minimum absolute atomic E-state index is 0. The minimum atomic E-state index is -4.16. The second kappa shape index (κ2) is 33.6. The van der Waals surface area contributed by atoms with Crippen LogP contribution in [0.5, 0.6) is 0 Å². The molecular formula is C58H102ClN13O13P2. The van der Waals surface area contributed by atoms with Crippen molar-refractivity contribution in [1.82, 2.24) is 55.4 Å². The zero-order valence-corrected chi connectivity index (χ0v) is 55.7. The lowest BCUT2D eigenvalue weighted by Gasteiger charge is -2.36. The van der Waals surface area contributed by atoms with E-state index in [2.05, 4.69) is 53.9 Å². The number of aliphatic hydroxyl groups is 1. The minimum Gasteiger partial charge on any atom is -0.464 e. The van der Waals surface area contributed by atoms with Gasteiger partial charge in [0.25, 0.3) is 0 Å². The van der Waals surface area contributed by atoms with Crippen LogP contribution < -0.4 is 27.8 Å². The van der Waals surface area contributed by atoms with E-state index >= 15 is 0 Å². The van der Waals surface area contributed by atoms with E-state index in [9.17, 15) is 23.5 Å². The average Bonchev–Trinajstić information content (AvgIpc) is 2.22. The molecule has 12 N–H and O–H groups in total. The predicted octanol–water partition coefficient (Wildman–Crippen LogP) is 9.74. The van der Waals surface area contributed by atoms with Crippen LogP contribution in [-0.4, -0.2) is 139 Å². The van der Waals surface area contributed by atoms with Crippen molar-refractivity contribution in [2.45, 2.75) is 226 Å². The fraction of sp³-hybridized carbons (Fsp3) is 0.776. The van der Waals surface area contributed by atoms with Crippen molar-refractivity contribution in [1.29, 1.82) is 0 Å². The molecule has 494 valence electrons. The Hall–Kier alpha value is -4.46. The van der Waals surface area contributed by atoms with E-state index in [1.54, 1.807) is 63.9 Å². The monoisotopic (exact) mass is 1290 g/mol. The summed E-state index contributed by atoms with van der Waals surface area (Å²) in [6, 6.07) is 0. The molecule has 8 rings (SSSR count). The van der Waals surface area contributed by atoms with Gasteiger partial charge in [0, 0.05) is 12.0 Å². The number of alkyl halides is 1. The van der Waals surface area contributed by atoms with Gasteiger partial charge in [-0.25, -0.2) is 40.1 Å². The first kappa shape index (κ1) is 75.0. The number of nitrogens with one attached hydrogen (secondary N) is 2. The Bertz CT molecular complexity index is 2880.